The first-order chi connectivity index (χ1) is 13.1. The summed E-state index contributed by atoms with van der Waals surface area (Å²) in [5.41, 5.74) is 2.81. The maximum atomic E-state index is 12.7. The van der Waals surface area contributed by atoms with Crippen LogP contribution in [-0.2, 0) is 11.2 Å². The third-order valence-corrected chi connectivity index (χ3v) is 5.65. The molecule has 0 radical (unpaired) electrons. The Kier molecular flexibility index (Phi) is 5.38. The first-order valence-electron chi connectivity index (χ1n) is 8.42. The highest BCUT2D eigenvalue weighted by Gasteiger charge is 2.23. The van der Waals surface area contributed by atoms with Gasteiger partial charge in [-0.3, -0.25) is 4.79 Å². The molecule has 0 aliphatic carbocycles. The van der Waals surface area contributed by atoms with E-state index in [-0.39, 0.29) is 11.7 Å². The van der Waals surface area contributed by atoms with Crippen molar-refractivity contribution < 1.29 is 9.21 Å². The number of benzene rings is 2. The lowest BCUT2D eigenvalue weighted by Gasteiger charge is -2.29. The second-order valence-electron chi connectivity index (χ2n) is 6.06. The fraction of sp³-hybridized carbons (Fsp3) is 0.211. The number of aryl methyl sites for hydroxylation is 1. The summed E-state index contributed by atoms with van der Waals surface area (Å²) in [6, 6.07) is 13.1. The summed E-state index contributed by atoms with van der Waals surface area (Å²) in [7, 11) is 0. The highest BCUT2D eigenvalue weighted by atomic mass is 35.5. The third kappa shape index (κ3) is 3.98. The van der Waals surface area contributed by atoms with Gasteiger partial charge >= 0.3 is 0 Å². The zero-order chi connectivity index (χ0) is 18.8. The van der Waals surface area contributed by atoms with Crippen LogP contribution in [-0.4, -0.2) is 28.4 Å². The predicted octanol–water partition coefficient (Wildman–Crippen LogP) is 5.11. The Morgan fingerprint density at radius 1 is 1.19 bits per heavy atom. The number of halogens is 2. The lowest BCUT2D eigenvalue weighted by molar-refractivity contribution is -0.116. The average Bonchev–Trinajstić information content (AvgIpc) is 3.14. The summed E-state index contributed by atoms with van der Waals surface area (Å²) in [5, 5.41) is 9.31. The molecule has 138 valence electrons. The summed E-state index contributed by atoms with van der Waals surface area (Å²) >= 11 is 13.3. The molecule has 27 heavy (non-hydrogen) atoms. The van der Waals surface area contributed by atoms with Crippen LogP contribution in [0.15, 0.2) is 52.1 Å². The fourth-order valence-electron chi connectivity index (χ4n) is 3.03. The van der Waals surface area contributed by atoms with E-state index in [0.29, 0.717) is 26.7 Å². The molecule has 0 bridgehead atoms. The lowest BCUT2D eigenvalue weighted by atomic mass is 10.0. The SMILES string of the molecule is O=C(CSc1nnc(-c2ccc(Cl)cc2Cl)o1)N1CCCc2ccccc21. The zero-order valence-corrected chi connectivity index (χ0v) is 16.5. The minimum absolute atomic E-state index is 0.0245. The molecule has 0 unspecified atom stereocenters. The van der Waals surface area contributed by atoms with Gasteiger partial charge < -0.3 is 9.32 Å². The van der Waals surface area contributed by atoms with Crippen molar-refractivity contribution in [1.82, 2.24) is 10.2 Å². The summed E-state index contributed by atoms with van der Waals surface area (Å²) < 4.78 is 5.64. The van der Waals surface area contributed by atoms with Crippen molar-refractivity contribution in [2.24, 2.45) is 0 Å². The van der Waals surface area contributed by atoms with E-state index in [1.807, 2.05) is 23.1 Å². The number of rotatable bonds is 4. The van der Waals surface area contributed by atoms with Gasteiger partial charge in [0.15, 0.2) is 0 Å². The first-order valence-corrected chi connectivity index (χ1v) is 10.2. The Morgan fingerprint density at radius 3 is 2.89 bits per heavy atom. The van der Waals surface area contributed by atoms with Crippen LogP contribution in [0.3, 0.4) is 0 Å². The van der Waals surface area contributed by atoms with Gasteiger partial charge in [-0.05, 0) is 42.7 Å². The molecule has 5 nitrogen and oxygen atoms in total. The van der Waals surface area contributed by atoms with Gasteiger partial charge in [0.05, 0.1) is 16.3 Å². The first kappa shape index (κ1) is 18.3. The Labute approximate surface area is 170 Å². The number of amides is 1. The van der Waals surface area contributed by atoms with Crippen LogP contribution in [0.5, 0.6) is 0 Å². The average molecular weight is 420 g/mol. The van der Waals surface area contributed by atoms with E-state index in [4.69, 9.17) is 27.6 Å². The van der Waals surface area contributed by atoms with E-state index >= 15 is 0 Å². The minimum atomic E-state index is 0.0245. The van der Waals surface area contributed by atoms with Crippen LogP contribution >= 0.6 is 35.0 Å². The van der Waals surface area contributed by atoms with Crippen molar-refractivity contribution in [2.75, 3.05) is 17.2 Å². The van der Waals surface area contributed by atoms with E-state index in [1.165, 1.54) is 17.3 Å². The second-order valence-corrected chi connectivity index (χ2v) is 7.83. The van der Waals surface area contributed by atoms with Crippen molar-refractivity contribution >= 4 is 46.6 Å². The van der Waals surface area contributed by atoms with Gasteiger partial charge in [0.25, 0.3) is 5.22 Å². The number of anilines is 1. The van der Waals surface area contributed by atoms with E-state index < -0.39 is 0 Å². The maximum absolute atomic E-state index is 12.7. The van der Waals surface area contributed by atoms with E-state index in [0.717, 1.165) is 25.1 Å². The van der Waals surface area contributed by atoms with Crippen LogP contribution in [0.1, 0.15) is 12.0 Å². The summed E-state index contributed by atoms with van der Waals surface area (Å²) in [6.07, 6.45) is 1.97. The highest BCUT2D eigenvalue weighted by Crippen LogP contribution is 2.32. The van der Waals surface area contributed by atoms with E-state index in [9.17, 15) is 4.79 Å². The lowest BCUT2D eigenvalue weighted by Crippen LogP contribution is -2.36. The standard InChI is InChI=1S/C19H15Cl2N3O2S/c20-13-7-8-14(15(21)10-13)18-22-23-19(26-18)27-11-17(25)24-9-3-5-12-4-1-2-6-16(12)24/h1-2,4,6-8,10H,3,5,9,11H2. The summed E-state index contributed by atoms with van der Waals surface area (Å²) in [6.45, 7) is 0.728. The van der Waals surface area contributed by atoms with Crippen LogP contribution < -0.4 is 4.90 Å². The van der Waals surface area contributed by atoms with Gasteiger partial charge in [-0.15, -0.1) is 10.2 Å². The monoisotopic (exact) mass is 419 g/mol. The minimum Gasteiger partial charge on any atom is -0.411 e. The van der Waals surface area contributed by atoms with Gasteiger partial charge in [-0.2, -0.15) is 0 Å². The van der Waals surface area contributed by atoms with Crippen LogP contribution in [0.4, 0.5) is 5.69 Å². The number of hydrogen-bond donors (Lipinski definition) is 0. The third-order valence-electron chi connectivity index (χ3n) is 4.30. The Hall–Kier alpha value is -2.02. The van der Waals surface area contributed by atoms with E-state index in [1.54, 1.807) is 18.2 Å². The molecule has 0 atom stereocenters. The fourth-order valence-corrected chi connectivity index (χ4v) is 4.16. The largest absolute Gasteiger partial charge is 0.411 e. The molecular formula is C19H15Cl2N3O2S. The molecule has 1 aliphatic heterocycles. The number of nitrogens with zero attached hydrogens (tertiary/aromatic N) is 3. The van der Waals surface area contributed by atoms with Crippen LogP contribution in [0.2, 0.25) is 10.0 Å². The Bertz CT molecular complexity index is 993. The van der Waals surface area contributed by atoms with Crippen LogP contribution in [0.25, 0.3) is 11.5 Å². The Balaban J connectivity index is 1.44. The van der Waals surface area contributed by atoms with Gasteiger partial charge in [0.2, 0.25) is 11.8 Å². The molecular weight excluding hydrogens is 405 g/mol. The number of fused-ring (bicyclic) bond motifs is 1. The van der Waals surface area contributed by atoms with Crippen molar-refractivity contribution in [3.05, 3.63) is 58.1 Å². The smallest absolute Gasteiger partial charge is 0.277 e. The van der Waals surface area contributed by atoms with Gasteiger partial charge in [0.1, 0.15) is 0 Å². The highest BCUT2D eigenvalue weighted by molar-refractivity contribution is 7.99. The molecule has 0 N–H and O–H groups in total. The molecule has 1 aromatic heterocycles. The summed E-state index contributed by atoms with van der Waals surface area (Å²) in [4.78, 5) is 14.5. The topological polar surface area (TPSA) is 59.2 Å². The van der Waals surface area contributed by atoms with Gasteiger partial charge in [0, 0.05) is 17.3 Å². The molecule has 3 aromatic rings. The molecule has 0 saturated heterocycles. The van der Waals surface area contributed by atoms with Crippen molar-refractivity contribution in [2.45, 2.75) is 18.1 Å². The molecule has 4 rings (SSSR count). The normalized spacial score (nSPS) is 13.5. The number of hydrogen-bond acceptors (Lipinski definition) is 5. The molecule has 1 aliphatic rings. The quantitative estimate of drug-likeness (QED) is 0.549. The molecule has 0 spiro atoms. The van der Waals surface area contributed by atoms with Crippen molar-refractivity contribution in [3.8, 4) is 11.5 Å². The predicted molar refractivity (Wildman–Crippen MR) is 108 cm³/mol. The molecule has 2 aromatic carbocycles. The molecule has 2 heterocycles. The Morgan fingerprint density at radius 2 is 2.04 bits per heavy atom. The molecule has 1 amide bonds. The molecule has 8 heteroatoms. The summed E-state index contributed by atoms with van der Waals surface area (Å²) in [5.74, 6) is 0.552. The van der Waals surface area contributed by atoms with Crippen LogP contribution in [0, 0.1) is 0 Å². The van der Waals surface area contributed by atoms with E-state index in [2.05, 4.69) is 16.3 Å². The number of carbonyl (C=O) groups is 1. The number of para-hydroxylation sites is 1. The number of aromatic nitrogens is 2. The molecule has 0 fully saturated rings. The number of thioether (sulfide) groups is 1. The van der Waals surface area contributed by atoms with Gasteiger partial charge in [-0.1, -0.05) is 53.2 Å². The maximum Gasteiger partial charge on any atom is 0.277 e. The zero-order valence-electron chi connectivity index (χ0n) is 14.2. The molecule has 0 saturated carbocycles. The van der Waals surface area contributed by atoms with Gasteiger partial charge in [-0.25, -0.2) is 0 Å². The van der Waals surface area contributed by atoms with Crippen molar-refractivity contribution in [1.29, 1.82) is 0 Å². The van der Waals surface area contributed by atoms with Crippen molar-refractivity contribution in [3.63, 3.8) is 0 Å². The number of carbonyl (C=O) groups excluding carboxylic acids is 1. The second kappa shape index (κ2) is 7.92.